The van der Waals surface area contributed by atoms with E-state index in [2.05, 4.69) is 23.6 Å². The minimum Gasteiger partial charge on any atom is -0.325 e. The molecule has 2 heterocycles. The van der Waals surface area contributed by atoms with Gasteiger partial charge in [-0.05, 0) is 43.9 Å². The lowest BCUT2D eigenvalue weighted by Gasteiger charge is -2.29. The first-order valence-corrected chi connectivity index (χ1v) is 8.22. The Morgan fingerprint density at radius 2 is 1.42 bits per heavy atom. The Hall–Kier alpha value is -0.730. The van der Waals surface area contributed by atoms with E-state index >= 15 is 0 Å². The van der Waals surface area contributed by atoms with E-state index in [9.17, 15) is 4.79 Å². The Labute approximate surface area is 118 Å². The molecular formula is C16H30N2O. The minimum atomic E-state index is 0.311. The van der Waals surface area contributed by atoms with Crippen LogP contribution in [0.25, 0.3) is 0 Å². The van der Waals surface area contributed by atoms with Gasteiger partial charge in [-0.15, -0.1) is 0 Å². The number of hydrogen-bond donors (Lipinski definition) is 0. The summed E-state index contributed by atoms with van der Waals surface area (Å²) in [4.78, 5) is 16.8. The zero-order chi connectivity index (χ0) is 13.7. The molecule has 0 aromatic heterocycles. The molecule has 110 valence electrons. The van der Waals surface area contributed by atoms with Crippen molar-refractivity contribution in [3.8, 4) is 0 Å². The van der Waals surface area contributed by atoms with Gasteiger partial charge in [0.15, 0.2) is 0 Å². The van der Waals surface area contributed by atoms with E-state index in [1.165, 1.54) is 44.9 Å². The maximum atomic E-state index is 12.6. The van der Waals surface area contributed by atoms with Crippen molar-refractivity contribution < 1.29 is 4.79 Å². The molecule has 1 unspecified atom stereocenters. The van der Waals surface area contributed by atoms with Crippen LogP contribution in [0.1, 0.15) is 58.8 Å². The first-order valence-electron chi connectivity index (χ1n) is 8.22. The Balaban J connectivity index is 1.88. The molecule has 0 bridgehead atoms. The van der Waals surface area contributed by atoms with E-state index in [-0.39, 0.29) is 0 Å². The van der Waals surface area contributed by atoms with Crippen LogP contribution >= 0.6 is 0 Å². The molecule has 0 saturated carbocycles. The standard InChI is InChI=1S/C16H30N2O/c1-14(2)15-8-7-12-18(13-9-15)16(19)17-10-5-3-4-6-11-17/h14-15H,3-13H2,1-2H3. The number of urea groups is 1. The summed E-state index contributed by atoms with van der Waals surface area (Å²) in [6, 6.07) is 0.311. The summed E-state index contributed by atoms with van der Waals surface area (Å²) in [5.74, 6) is 1.56. The third-order valence-electron chi connectivity index (χ3n) is 4.86. The van der Waals surface area contributed by atoms with Crippen LogP contribution < -0.4 is 0 Å². The van der Waals surface area contributed by atoms with Gasteiger partial charge in [-0.2, -0.15) is 0 Å². The zero-order valence-electron chi connectivity index (χ0n) is 12.7. The van der Waals surface area contributed by atoms with E-state index in [4.69, 9.17) is 0 Å². The fourth-order valence-electron chi connectivity index (χ4n) is 3.44. The third kappa shape index (κ3) is 4.12. The first-order chi connectivity index (χ1) is 9.18. The number of nitrogens with zero attached hydrogens (tertiary/aromatic N) is 2. The summed E-state index contributed by atoms with van der Waals surface area (Å²) < 4.78 is 0. The molecule has 2 aliphatic heterocycles. The summed E-state index contributed by atoms with van der Waals surface area (Å²) in [6.45, 7) is 8.52. The van der Waals surface area contributed by atoms with Crippen molar-refractivity contribution in [3.63, 3.8) is 0 Å². The van der Waals surface area contributed by atoms with Gasteiger partial charge < -0.3 is 9.80 Å². The minimum absolute atomic E-state index is 0.311. The van der Waals surface area contributed by atoms with Gasteiger partial charge in [0.2, 0.25) is 0 Å². The molecule has 2 rings (SSSR count). The lowest BCUT2D eigenvalue weighted by Crippen LogP contribution is -2.44. The van der Waals surface area contributed by atoms with Crippen molar-refractivity contribution >= 4 is 6.03 Å². The van der Waals surface area contributed by atoms with Crippen LogP contribution in [0.15, 0.2) is 0 Å². The Kier molecular flexibility index (Phi) is 5.53. The average molecular weight is 266 g/mol. The number of rotatable bonds is 1. The molecule has 0 N–H and O–H groups in total. The SMILES string of the molecule is CC(C)C1CCCN(C(=O)N2CCCCCC2)CC1. The van der Waals surface area contributed by atoms with Crippen LogP contribution in [0.5, 0.6) is 0 Å². The van der Waals surface area contributed by atoms with Crippen LogP contribution in [0.2, 0.25) is 0 Å². The number of hydrogen-bond acceptors (Lipinski definition) is 1. The number of likely N-dealkylation sites (tertiary alicyclic amines) is 2. The lowest BCUT2D eigenvalue weighted by atomic mass is 9.89. The van der Waals surface area contributed by atoms with Crippen molar-refractivity contribution in [3.05, 3.63) is 0 Å². The van der Waals surface area contributed by atoms with Crippen molar-refractivity contribution in [2.45, 2.75) is 58.8 Å². The fourth-order valence-corrected chi connectivity index (χ4v) is 3.44. The molecule has 3 heteroatoms. The van der Waals surface area contributed by atoms with E-state index in [1.54, 1.807) is 0 Å². The zero-order valence-corrected chi connectivity index (χ0v) is 12.7. The average Bonchev–Trinajstić information content (AvgIpc) is 2.80. The van der Waals surface area contributed by atoms with Crippen LogP contribution in [-0.2, 0) is 0 Å². The highest BCUT2D eigenvalue weighted by molar-refractivity contribution is 5.74. The Morgan fingerprint density at radius 1 is 0.842 bits per heavy atom. The van der Waals surface area contributed by atoms with E-state index < -0.39 is 0 Å². The summed E-state index contributed by atoms with van der Waals surface area (Å²) in [5.41, 5.74) is 0. The quantitative estimate of drug-likeness (QED) is 0.709. The third-order valence-corrected chi connectivity index (χ3v) is 4.86. The summed E-state index contributed by atoms with van der Waals surface area (Å²) in [7, 11) is 0. The fraction of sp³-hybridized carbons (Fsp3) is 0.938. The van der Waals surface area contributed by atoms with Crippen molar-refractivity contribution in [2.24, 2.45) is 11.8 Å². The molecule has 2 amide bonds. The molecule has 0 aromatic carbocycles. The van der Waals surface area contributed by atoms with Crippen molar-refractivity contribution in [2.75, 3.05) is 26.2 Å². The summed E-state index contributed by atoms with van der Waals surface area (Å²) >= 11 is 0. The molecule has 0 radical (unpaired) electrons. The largest absolute Gasteiger partial charge is 0.325 e. The van der Waals surface area contributed by atoms with Gasteiger partial charge in [-0.1, -0.05) is 26.7 Å². The number of carbonyl (C=O) groups is 1. The monoisotopic (exact) mass is 266 g/mol. The molecule has 0 spiro atoms. The second-order valence-electron chi connectivity index (χ2n) is 6.61. The summed E-state index contributed by atoms with van der Waals surface area (Å²) in [5, 5.41) is 0. The van der Waals surface area contributed by atoms with Gasteiger partial charge in [-0.3, -0.25) is 0 Å². The van der Waals surface area contributed by atoms with Gasteiger partial charge in [0.25, 0.3) is 0 Å². The van der Waals surface area contributed by atoms with Gasteiger partial charge in [0.05, 0.1) is 0 Å². The predicted molar refractivity (Wildman–Crippen MR) is 79.2 cm³/mol. The van der Waals surface area contributed by atoms with E-state index in [0.29, 0.717) is 6.03 Å². The lowest BCUT2D eigenvalue weighted by molar-refractivity contribution is 0.155. The smallest absolute Gasteiger partial charge is 0.319 e. The highest BCUT2D eigenvalue weighted by Crippen LogP contribution is 2.25. The van der Waals surface area contributed by atoms with Gasteiger partial charge in [0.1, 0.15) is 0 Å². The molecule has 2 saturated heterocycles. The molecule has 1 atom stereocenters. The second-order valence-corrected chi connectivity index (χ2v) is 6.61. The van der Waals surface area contributed by atoms with E-state index in [0.717, 1.165) is 38.0 Å². The topological polar surface area (TPSA) is 23.6 Å². The first kappa shape index (κ1) is 14.7. The van der Waals surface area contributed by atoms with Crippen molar-refractivity contribution in [1.82, 2.24) is 9.80 Å². The molecule has 0 aromatic rings. The summed E-state index contributed by atoms with van der Waals surface area (Å²) in [6.07, 6.45) is 8.63. The van der Waals surface area contributed by atoms with Gasteiger partial charge in [-0.25, -0.2) is 4.79 Å². The van der Waals surface area contributed by atoms with Crippen LogP contribution in [-0.4, -0.2) is 42.0 Å². The molecule has 2 aliphatic rings. The Morgan fingerprint density at radius 3 is 2.05 bits per heavy atom. The Bertz CT molecular complexity index is 282. The van der Waals surface area contributed by atoms with Crippen LogP contribution in [0.4, 0.5) is 4.79 Å². The molecule has 3 nitrogen and oxygen atoms in total. The normalized spacial score (nSPS) is 26.2. The maximum absolute atomic E-state index is 12.6. The van der Waals surface area contributed by atoms with Crippen LogP contribution in [0.3, 0.4) is 0 Å². The highest BCUT2D eigenvalue weighted by Gasteiger charge is 2.25. The maximum Gasteiger partial charge on any atom is 0.319 e. The molecule has 0 aliphatic carbocycles. The molecule has 2 fully saturated rings. The number of amides is 2. The van der Waals surface area contributed by atoms with Crippen molar-refractivity contribution in [1.29, 1.82) is 0 Å². The van der Waals surface area contributed by atoms with Gasteiger partial charge >= 0.3 is 6.03 Å². The predicted octanol–water partition coefficient (Wildman–Crippen LogP) is 3.74. The molecule has 19 heavy (non-hydrogen) atoms. The van der Waals surface area contributed by atoms with Crippen LogP contribution in [0, 0.1) is 11.8 Å². The highest BCUT2D eigenvalue weighted by atomic mass is 16.2. The van der Waals surface area contributed by atoms with E-state index in [1.807, 2.05) is 0 Å². The van der Waals surface area contributed by atoms with Gasteiger partial charge in [0, 0.05) is 26.2 Å². The number of carbonyl (C=O) groups excluding carboxylic acids is 1. The molecular weight excluding hydrogens is 236 g/mol. The second kappa shape index (κ2) is 7.16.